The SMILES string of the molecule is CCC1CN(c2nc(=O)n(C)c3ccc(C#N)nc23)[C@@H](CC)CN1C(C)c1ccc(C2CC2)cc1. The molecule has 1 saturated carbocycles. The van der Waals surface area contributed by atoms with Crippen molar-refractivity contribution >= 4 is 16.9 Å². The van der Waals surface area contributed by atoms with Crippen molar-refractivity contribution < 1.29 is 0 Å². The molecule has 0 N–H and O–H groups in total. The lowest BCUT2D eigenvalue weighted by Crippen LogP contribution is -2.59. The normalized spacial score (nSPS) is 21.7. The van der Waals surface area contributed by atoms with E-state index in [0.717, 1.165) is 31.8 Å². The van der Waals surface area contributed by atoms with Crippen LogP contribution in [0.2, 0.25) is 0 Å². The van der Waals surface area contributed by atoms with Crippen LogP contribution in [-0.4, -0.2) is 44.6 Å². The summed E-state index contributed by atoms with van der Waals surface area (Å²) >= 11 is 0. The minimum Gasteiger partial charge on any atom is -0.349 e. The fourth-order valence-corrected chi connectivity index (χ4v) is 5.54. The molecule has 3 heterocycles. The highest BCUT2D eigenvalue weighted by Gasteiger charge is 2.37. The molecule has 35 heavy (non-hydrogen) atoms. The fourth-order valence-electron chi connectivity index (χ4n) is 5.54. The third kappa shape index (κ3) is 4.32. The van der Waals surface area contributed by atoms with Gasteiger partial charge in [0.15, 0.2) is 5.82 Å². The van der Waals surface area contributed by atoms with E-state index in [1.807, 2.05) is 0 Å². The molecular weight excluding hydrogens is 436 g/mol. The highest BCUT2D eigenvalue weighted by atomic mass is 16.1. The van der Waals surface area contributed by atoms with Crippen LogP contribution in [0.5, 0.6) is 0 Å². The number of hydrogen-bond acceptors (Lipinski definition) is 6. The molecule has 3 aromatic rings. The molecule has 5 rings (SSSR count). The zero-order valence-electron chi connectivity index (χ0n) is 21.1. The Labute approximate surface area is 207 Å². The number of aryl methyl sites for hydroxylation is 1. The summed E-state index contributed by atoms with van der Waals surface area (Å²) in [6.45, 7) is 8.38. The second-order valence-electron chi connectivity index (χ2n) is 10.0. The van der Waals surface area contributed by atoms with Crippen LogP contribution < -0.4 is 10.6 Å². The molecule has 2 aromatic heterocycles. The molecule has 1 aliphatic heterocycles. The summed E-state index contributed by atoms with van der Waals surface area (Å²) in [5, 5.41) is 9.43. The first-order valence-electron chi connectivity index (χ1n) is 12.8. The third-order valence-corrected chi connectivity index (χ3v) is 7.97. The lowest BCUT2D eigenvalue weighted by Gasteiger charge is -2.49. The molecule has 1 saturated heterocycles. The number of benzene rings is 1. The lowest BCUT2D eigenvalue weighted by molar-refractivity contribution is 0.101. The van der Waals surface area contributed by atoms with Gasteiger partial charge in [-0.1, -0.05) is 38.1 Å². The quantitative estimate of drug-likeness (QED) is 0.527. The van der Waals surface area contributed by atoms with Crippen LogP contribution in [0.3, 0.4) is 0 Å². The number of nitriles is 1. The van der Waals surface area contributed by atoms with Gasteiger partial charge in [0.25, 0.3) is 0 Å². The van der Waals surface area contributed by atoms with Crippen LogP contribution in [0.1, 0.15) is 75.2 Å². The Morgan fingerprint density at radius 1 is 1.03 bits per heavy atom. The van der Waals surface area contributed by atoms with E-state index in [2.05, 4.69) is 70.9 Å². The molecule has 182 valence electrons. The van der Waals surface area contributed by atoms with Gasteiger partial charge in [-0.15, -0.1) is 0 Å². The van der Waals surface area contributed by atoms with Crippen molar-refractivity contribution in [2.75, 3.05) is 18.0 Å². The molecule has 0 radical (unpaired) electrons. The second kappa shape index (κ2) is 9.43. The molecule has 0 amide bonds. The number of nitrogens with zero attached hydrogens (tertiary/aromatic N) is 6. The van der Waals surface area contributed by atoms with Gasteiger partial charge in [0.1, 0.15) is 17.3 Å². The Balaban J connectivity index is 1.49. The monoisotopic (exact) mass is 470 g/mol. The topological polar surface area (TPSA) is 78.0 Å². The van der Waals surface area contributed by atoms with Crippen LogP contribution >= 0.6 is 0 Å². The molecule has 2 unspecified atom stereocenters. The van der Waals surface area contributed by atoms with E-state index < -0.39 is 0 Å². The van der Waals surface area contributed by atoms with E-state index in [1.165, 1.54) is 28.5 Å². The van der Waals surface area contributed by atoms with Crippen molar-refractivity contribution in [2.45, 2.75) is 70.5 Å². The van der Waals surface area contributed by atoms with Gasteiger partial charge in [-0.25, -0.2) is 9.78 Å². The Morgan fingerprint density at radius 2 is 1.74 bits per heavy atom. The van der Waals surface area contributed by atoms with Crippen molar-refractivity contribution in [2.24, 2.45) is 7.05 Å². The molecule has 0 bridgehead atoms. The number of rotatable bonds is 6. The molecule has 2 aliphatic rings. The highest BCUT2D eigenvalue weighted by Crippen LogP contribution is 2.40. The van der Waals surface area contributed by atoms with Gasteiger partial charge < -0.3 is 4.90 Å². The van der Waals surface area contributed by atoms with Crippen molar-refractivity contribution in [3.8, 4) is 6.07 Å². The maximum Gasteiger partial charge on any atom is 0.349 e. The van der Waals surface area contributed by atoms with Crippen LogP contribution in [-0.2, 0) is 7.05 Å². The van der Waals surface area contributed by atoms with Crippen molar-refractivity contribution in [3.63, 3.8) is 0 Å². The van der Waals surface area contributed by atoms with E-state index in [4.69, 9.17) is 0 Å². The molecule has 1 aromatic carbocycles. The molecule has 7 nitrogen and oxygen atoms in total. The molecule has 0 spiro atoms. The Bertz CT molecular complexity index is 1320. The number of piperazine rings is 1. The van der Waals surface area contributed by atoms with E-state index >= 15 is 0 Å². The summed E-state index contributed by atoms with van der Waals surface area (Å²) in [6.07, 6.45) is 4.57. The van der Waals surface area contributed by atoms with Gasteiger partial charge in [-0.2, -0.15) is 10.2 Å². The first-order valence-corrected chi connectivity index (χ1v) is 12.8. The molecule has 1 aliphatic carbocycles. The molecule has 7 heteroatoms. The zero-order chi connectivity index (χ0) is 24.7. The molecular formula is C28H34N6O. The first-order chi connectivity index (χ1) is 16.9. The van der Waals surface area contributed by atoms with Gasteiger partial charge >= 0.3 is 5.69 Å². The van der Waals surface area contributed by atoms with Crippen molar-refractivity contribution in [1.82, 2.24) is 19.4 Å². The minimum atomic E-state index is -0.298. The van der Waals surface area contributed by atoms with Gasteiger partial charge in [0.05, 0.1) is 5.52 Å². The summed E-state index contributed by atoms with van der Waals surface area (Å²) in [6, 6.07) is 15.6. The van der Waals surface area contributed by atoms with E-state index in [1.54, 1.807) is 19.2 Å². The largest absolute Gasteiger partial charge is 0.349 e. The van der Waals surface area contributed by atoms with Crippen molar-refractivity contribution in [3.05, 3.63) is 63.7 Å². The summed E-state index contributed by atoms with van der Waals surface area (Å²) < 4.78 is 1.51. The smallest absolute Gasteiger partial charge is 0.349 e. The summed E-state index contributed by atoms with van der Waals surface area (Å²) in [5.41, 5.74) is 4.19. The standard InChI is InChI=1S/C28H34N6O/c1-5-23-17-34(27-26-25(32(4)28(35)31-27)14-13-22(15-29)30-26)24(6-2)16-33(23)18(3)19-7-9-20(10-8-19)21-11-12-21/h7-10,13-14,18,21,23-24H,5-6,11-12,16-17H2,1-4H3/t18?,23?,24-/m0/s1. The number of aromatic nitrogens is 3. The predicted octanol–water partition coefficient (Wildman–Crippen LogP) is 4.52. The van der Waals surface area contributed by atoms with Crippen LogP contribution in [0, 0.1) is 11.3 Å². The minimum absolute atomic E-state index is 0.196. The Morgan fingerprint density at radius 3 is 2.37 bits per heavy atom. The summed E-state index contributed by atoms with van der Waals surface area (Å²) in [4.78, 5) is 26.7. The Kier molecular flexibility index (Phi) is 6.33. The number of pyridine rings is 1. The molecule has 2 fully saturated rings. The average molecular weight is 471 g/mol. The fraction of sp³-hybridized carbons (Fsp3) is 0.500. The van der Waals surface area contributed by atoms with Gasteiger partial charge in [-0.05, 0) is 61.8 Å². The number of anilines is 1. The zero-order valence-corrected chi connectivity index (χ0v) is 21.1. The maximum absolute atomic E-state index is 12.8. The number of fused-ring (bicyclic) bond motifs is 1. The van der Waals surface area contributed by atoms with Crippen LogP contribution in [0.4, 0.5) is 5.82 Å². The van der Waals surface area contributed by atoms with E-state index in [0.29, 0.717) is 34.6 Å². The highest BCUT2D eigenvalue weighted by molar-refractivity contribution is 5.86. The Hall–Kier alpha value is -3.24. The van der Waals surface area contributed by atoms with Crippen LogP contribution in [0.15, 0.2) is 41.2 Å². The second-order valence-corrected chi connectivity index (χ2v) is 10.0. The van der Waals surface area contributed by atoms with Gasteiger partial charge in [0.2, 0.25) is 0 Å². The van der Waals surface area contributed by atoms with Crippen molar-refractivity contribution in [1.29, 1.82) is 5.26 Å². The van der Waals surface area contributed by atoms with E-state index in [9.17, 15) is 10.1 Å². The molecule has 3 atom stereocenters. The number of hydrogen-bond donors (Lipinski definition) is 0. The third-order valence-electron chi connectivity index (χ3n) is 7.97. The van der Waals surface area contributed by atoms with E-state index in [-0.39, 0.29) is 11.7 Å². The first kappa shape index (κ1) is 23.5. The van der Waals surface area contributed by atoms with Gasteiger partial charge in [0, 0.05) is 38.3 Å². The predicted molar refractivity (Wildman–Crippen MR) is 139 cm³/mol. The summed E-state index contributed by atoms with van der Waals surface area (Å²) in [5.74, 6) is 1.37. The maximum atomic E-state index is 12.8. The van der Waals surface area contributed by atoms with Crippen LogP contribution in [0.25, 0.3) is 11.0 Å². The average Bonchev–Trinajstić information content (AvgIpc) is 3.75. The summed E-state index contributed by atoms with van der Waals surface area (Å²) in [7, 11) is 1.70. The lowest BCUT2D eigenvalue weighted by atomic mass is 9.96. The van der Waals surface area contributed by atoms with Gasteiger partial charge in [-0.3, -0.25) is 9.47 Å².